The van der Waals surface area contributed by atoms with Crippen LogP contribution >= 0.6 is 0 Å². The average Bonchev–Trinajstić information content (AvgIpc) is 2.45. The van der Waals surface area contributed by atoms with Gasteiger partial charge in [0.25, 0.3) is 0 Å². The van der Waals surface area contributed by atoms with Crippen LogP contribution in [0, 0.1) is 0 Å². The maximum Gasteiger partial charge on any atom is 0.120 e. The summed E-state index contributed by atoms with van der Waals surface area (Å²) in [5.74, 6) is 0.886. The molecule has 2 aromatic rings. The molecule has 0 aliphatic rings. The molecule has 0 bridgehead atoms. The first kappa shape index (κ1) is 15.8. The van der Waals surface area contributed by atoms with Gasteiger partial charge in [-0.25, -0.2) is 0 Å². The number of hydrogen-bond donors (Lipinski definition) is 2. The largest absolute Gasteiger partial charge is 0.492 e. The Morgan fingerprint density at radius 3 is 2.43 bits per heavy atom. The molecule has 2 N–H and O–H groups in total. The van der Waals surface area contributed by atoms with E-state index < -0.39 is 0 Å². The molecule has 0 aromatic heterocycles. The van der Waals surface area contributed by atoms with Gasteiger partial charge >= 0.3 is 0 Å². The summed E-state index contributed by atoms with van der Waals surface area (Å²) >= 11 is 0. The van der Waals surface area contributed by atoms with Crippen LogP contribution in [-0.2, 0) is 5.41 Å². The highest BCUT2D eigenvalue weighted by Gasteiger charge is 2.13. The van der Waals surface area contributed by atoms with Gasteiger partial charge in [-0.15, -0.1) is 0 Å². The number of aliphatic hydroxyl groups excluding tert-OH is 1. The lowest BCUT2D eigenvalue weighted by Gasteiger charge is -2.19. The Labute approximate surface area is 126 Å². The van der Waals surface area contributed by atoms with Gasteiger partial charge in [0.2, 0.25) is 0 Å². The molecule has 0 atom stereocenters. The Morgan fingerprint density at radius 1 is 1.00 bits per heavy atom. The SMILES string of the molecule is CC(C)(C)c1ccc2cc(OCCNCCO)ccc2c1. The van der Waals surface area contributed by atoms with E-state index in [9.17, 15) is 0 Å². The van der Waals surface area contributed by atoms with E-state index in [1.807, 2.05) is 6.07 Å². The Balaban J connectivity index is 2.05. The Kier molecular flexibility index (Phi) is 5.21. The second-order valence-corrected chi connectivity index (χ2v) is 6.30. The van der Waals surface area contributed by atoms with Crippen molar-refractivity contribution in [2.24, 2.45) is 0 Å². The molecule has 0 spiro atoms. The molecule has 0 radical (unpaired) electrons. The zero-order chi connectivity index (χ0) is 15.3. The lowest BCUT2D eigenvalue weighted by molar-refractivity contribution is 0.276. The summed E-state index contributed by atoms with van der Waals surface area (Å²) in [4.78, 5) is 0. The van der Waals surface area contributed by atoms with Gasteiger partial charge in [-0.05, 0) is 33.9 Å². The van der Waals surface area contributed by atoms with Crippen molar-refractivity contribution in [3.05, 3.63) is 42.0 Å². The standard InChI is InChI=1S/C18H25NO2/c1-18(2,3)16-6-4-15-13-17(7-5-14(15)12-16)21-11-9-19-8-10-20/h4-7,12-13,19-20H,8-11H2,1-3H3. The van der Waals surface area contributed by atoms with E-state index in [1.165, 1.54) is 16.3 Å². The molecule has 0 aliphatic heterocycles. The summed E-state index contributed by atoms with van der Waals surface area (Å²) in [6, 6.07) is 12.8. The van der Waals surface area contributed by atoms with Crippen LogP contribution in [0.1, 0.15) is 26.3 Å². The summed E-state index contributed by atoms with van der Waals surface area (Å²) in [6.07, 6.45) is 0. The summed E-state index contributed by atoms with van der Waals surface area (Å²) in [7, 11) is 0. The summed E-state index contributed by atoms with van der Waals surface area (Å²) < 4.78 is 5.71. The number of nitrogens with one attached hydrogen (secondary N) is 1. The molecule has 0 aliphatic carbocycles. The fraction of sp³-hybridized carbons (Fsp3) is 0.444. The minimum absolute atomic E-state index is 0.159. The molecule has 0 saturated heterocycles. The van der Waals surface area contributed by atoms with E-state index in [0.717, 1.165) is 12.3 Å². The molecule has 2 aromatic carbocycles. The van der Waals surface area contributed by atoms with Crippen LogP contribution in [0.15, 0.2) is 36.4 Å². The first-order valence-corrected chi connectivity index (χ1v) is 7.49. The van der Waals surface area contributed by atoms with Gasteiger partial charge in [0.15, 0.2) is 0 Å². The molecule has 0 unspecified atom stereocenters. The molecule has 2 rings (SSSR count). The second-order valence-electron chi connectivity index (χ2n) is 6.30. The van der Waals surface area contributed by atoms with Gasteiger partial charge in [-0.3, -0.25) is 0 Å². The van der Waals surface area contributed by atoms with Gasteiger partial charge in [0, 0.05) is 13.1 Å². The number of benzene rings is 2. The third-order valence-corrected chi connectivity index (χ3v) is 3.51. The van der Waals surface area contributed by atoms with Crippen molar-refractivity contribution in [1.29, 1.82) is 0 Å². The highest BCUT2D eigenvalue weighted by Crippen LogP contribution is 2.28. The molecular formula is C18H25NO2. The molecule has 3 heteroatoms. The van der Waals surface area contributed by atoms with Crippen LogP contribution in [0.5, 0.6) is 5.75 Å². The zero-order valence-corrected chi connectivity index (χ0v) is 13.1. The third kappa shape index (κ3) is 4.45. The summed E-state index contributed by atoms with van der Waals surface area (Å²) in [5, 5.41) is 14.2. The molecule has 0 saturated carbocycles. The normalized spacial score (nSPS) is 11.8. The lowest BCUT2D eigenvalue weighted by Crippen LogP contribution is -2.23. The van der Waals surface area contributed by atoms with Crippen LogP contribution in [0.2, 0.25) is 0 Å². The van der Waals surface area contributed by atoms with E-state index >= 15 is 0 Å². The summed E-state index contributed by atoms with van der Waals surface area (Å²) in [6.45, 7) is 8.79. The predicted molar refractivity (Wildman–Crippen MR) is 88.1 cm³/mol. The van der Waals surface area contributed by atoms with Crippen molar-refractivity contribution in [2.45, 2.75) is 26.2 Å². The van der Waals surface area contributed by atoms with Crippen molar-refractivity contribution >= 4 is 10.8 Å². The van der Waals surface area contributed by atoms with Crippen molar-refractivity contribution in [3.8, 4) is 5.75 Å². The first-order chi connectivity index (χ1) is 10.0. The highest BCUT2D eigenvalue weighted by molar-refractivity contribution is 5.84. The minimum Gasteiger partial charge on any atom is -0.492 e. The van der Waals surface area contributed by atoms with Crippen LogP contribution < -0.4 is 10.1 Å². The van der Waals surface area contributed by atoms with Gasteiger partial charge in [-0.2, -0.15) is 0 Å². The van der Waals surface area contributed by atoms with E-state index in [2.05, 4.69) is 56.4 Å². The predicted octanol–water partition coefficient (Wildman–Crippen LogP) is 3.10. The number of rotatable bonds is 6. The topological polar surface area (TPSA) is 41.5 Å². The number of fused-ring (bicyclic) bond motifs is 1. The molecule has 0 amide bonds. The minimum atomic E-state index is 0.159. The van der Waals surface area contributed by atoms with Crippen molar-refractivity contribution in [2.75, 3.05) is 26.3 Å². The van der Waals surface area contributed by atoms with Gasteiger partial charge < -0.3 is 15.2 Å². The smallest absolute Gasteiger partial charge is 0.120 e. The average molecular weight is 287 g/mol. The maximum atomic E-state index is 8.68. The third-order valence-electron chi connectivity index (χ3n) is 3.51. The monoisotopic (exact) mass is 287 g/mol. The van der Waals surface area contributed by atoms with E-state index in [-0.39, 0.29) is 12.0 Å². The van der Waals surface area contributed by atoms with Crippen LogP contribution in [0.4, 0.5) is 0 Å². The molecule has 114 valence electrons. The van der Waals surface area contributed by atoms with Gasteiger partial charge in [0.1, 0.15) is 12.4 Å². The Hall–Kier alpha value is -1.58. The second kappa shape index (κ2) is 6.92. The van der Waals surface area contributed by atoms with Crippen LogP contribution in [0.25, 0.3) is 10.8 Å². The van der Waals surface area contributed by atoms with Crippen molar-refractivity contribution < 1.29 is 9.84 Å². The fourth-order valence-electron chi connectivity index (χ4n) is 2.23. The van der Waals surface area contributed by atoms with Crippen molar-refractivity contribution in [3.63, 3.8) is 0 Å². The highest BCUT2D eigenvalue weighted by atomic mass is 16.5. The number of ether oxygens (including phenoxy) is 1. The van der Waals surface area contributed by atoms with Crippen LogP contribution in [0.3, 0.4) is 0 Å². The molecule has 3 nitrogen and oxygen atoms in total. The number of hydrogen-bond acceptors (Lipinski definition) is 3. The van der Waals surface area contributed by atoms with E-state index in [4.69, 9.17) is 9.84 Å². The van der Waals surface area contributed by atoms with Crippen LogP contribution in [-0.4, -0.2) is 31.4 Å². The Morgan fingerprint density at radius 2 is 1.71 bits per heavy atom. The molecule has 0 fully saturated rings. The maximum absolute atomic E-state index is 8.68. The van der Waals surface area contributed by atoms with E-state index in [0.29, 0.717) is 13.2 Å². The summed E-state index contributed by atoms with van der Waals surface area (Å²) in [5.41, 5.74) is 1.51. The van der Waals surface area contributed by atoms with Gasteiger partial charge in [0.05, 0.1) is 6.61 Å². The van der Waals surface area contributed by atoms with Crippen molar-refractivity contribution in [1.82, 2.24) is 5.32 Å². The lowest BCUT2D eigenvalue weighted by atomic mass is 9.86. The fourth-order valence-corrected chi connectivity index (χ4v) is 2.23. The molecular weight excluding hydrogens is 262 g/mol. The molecule has 0 heterocycles. The zero-order valence-electron chi connectivity index (χ0n) is 13.1. The Bertz CT molecular complexity index is 587. The quantitative estimate of drug-likeness (QED) is 0.802. The molecule has 21 heavy (non-hydrogen) atoms. The van der Waals surface area contributed by atoms with Gasteiger partial charge in [-0.1, -0.05) is 45.0 Å². The first-order valence-electron chi connectivity index (χ1n) is 7.49. The van der Waals surface area contributed by atoms with E-state index in [1.54, 1.807) is 0 Å². The number of aliphatic hydroxyl groups is 1.